The zero-order chi connectivity index (χ0) is 7.40. The number of thiazole rings is 1. The van der Waals surface area contributed by atoms with E-state index in [9.17, 15) is 0 Å². The summed E-state index contributed by atoms with van der Waals surface area (Å²) in [7, 11) is 1.51. The summed E-state index contributed by atoms with van der Waals surface area (Å²) in [6.45, 7) is 0. The van der Waals surface area contributed by atoms with Crippen LogP contribution in [0.15, 0.2) is 15.3 Å². The Labute approximate surface area is 70.9 Å². The van der Waals surface area contributed by atoms with Crippen LogP contribution in [-0.4, -0.2) is 18.3 Å². The topological polar surface area (TPSA) is 34.5 Å². The van der Waals surface area contributed by atoms with Crippen molar-refractivity contribution in [2.75, 3.05) is 7.11 Å². The maximum Gasteiger partial charge on any atom is 0.159 e. The molecule has 0 unspecified atom stereocenters. The Morgan fingerprint density at radius 3 is 3.20 bits per heavy atom. The molecule has 0 aromatic carbocycles. The van der Waals surface area contributed by atoms with Crippen molar-refractivity contribution in [3.05, 3.63) is 15.0 Å². The van der Waals surface area contributed by atoms with E-state index in [-0.39, 0.29) is 0 Å². The summed E-state index contributed by atoms with van der Waals surface area (Å²) >= 11 is 4.73. The van der Waals surface area contributed by atoms with Gasteiger partial charge in [0, 0.05) is 6.20 Å². The molecular weight excluding hydrogens is 216 g/mol. The van der Waals surface area contributed by atoms with E-state index in [4.69, 9.17) is 0 Å². The quantitative estimate of drug-likeness (QED) is 0.564. The first-order valence-electron chi connectivity index (χ1n) is 2.51. The van der Waals surface area contributed by atoms with E-state index in [0.717, 1.165) is 8.79 Å². The van der Waals surface area contributed by atoms with Gasteiger partial charge < -0.3 is 4.84 Å². The predicted molar refractivity (Wildman–Crippen MR) is 44.4 cm³/mol. The van der Waals surface area contributed by atoms with Crippen molar-refractivity contribution < 1.29 is 4.84 Å². The van der Waals surface area contributed by atoms with Gasteiger partial charge in [0.1, 0.15) is 7.11 Å². The van der Waals surface area contributed by atoms with Gasteiger partial charge in [-0.3, -0.25) is 0 Å². The zero-order valence-electron chi connectivity index (χ0n) is 5.24. The molecule has 0 N–H and O–H groups in total. The van der Waals surface area contributed by atoms with E-state index >= 15 is 0 Å². The lowest BCUT2D eigenvalue weighted by Crippen LogP contribution is -1.73. The van der Waals surface area contributed by atoms with Crippen LogP contribution in [0.3, 0.4) is 0 Å². The van der Waals surface area contributed by atoms with Crippen molar-refractivity contribution in [3.8, 4) is 0 Å². The van der Waals surface area contributed by atoms with Crippen LogP contribution in [0, 0.1) is 0 Å². The first kappa shape index (κ1) is 7.68. The third-order valence-electron chi connectivity index (χ3n) is 0.781. The molecular formula is C5H5BrN2OS. The second kappa shape index (κ2) is 3.68. The molecule has 1 aromatic rings. The van der Waals surface area contributed by atoms with Gasteiger partial charge in [0.2, 0.25) is 0 Å². The number of rotatable bonds is 2. The Hall–Kier alpha value is -0.420. The third-order valence-corrected chi connectivity index (χ3v) is 2.19. The average Bonchev–Trinajstić information content (AvgIpc) is 2.31. The highest BCUT2D eigenvalue weighted by atomic mass is 79.9. The van der Waals surface area contributed by atoms with Gasteiger partial charge in [-0.05, 0) is 15.9 Å². The van der Waals surface area contributed by atoms with Crippen LogP contribution in [0.1, 0.15) is 4.88 Å². The van der Waals surface area contributed by atoms with E-state index in [1.807, 2.05) is 0 Å². The number of aromatic nitrogens is 1. The van der Waals surface area contributed by atoms with Gasteiger partial charge in [0.15, 0.2) is 3.92 Å². The molecule has 0 aliphatic rings. The fourth-order valence-corrected chi connectivity index (χ4v) is 1.59. The van der Waals surface area contributed by atoms with Gasteiger partial charge in [-0.2, -0.15) is 0 Å². The molecule has 0 aliphatic heterocycles. The number of oxime groups is 1. The minimum Gasteiger partial charge on any atom is -0.399 e. The van der Waals surface area contributed by atoms with E-state index < -0.39 is 0 Å². The lowest BCUT2D eigenvalue weighted by Gasteiger charge is -1.81. The molecule has 1 heterocycles. The smallest absolute Gasteiger partial charge is 0.159 e. The number of hydrogen-bond donors (Lipinski definition) is 0. The summed E-state index contributed by atoms with van der Waals surface area (Å²) < 4.78 is 0.852. The summed E-state index contributed by atoms with van der Waals surface area (Å²) in [5.74, 6) is 0. The SMILES string of the molecule is CO/N=C/c1cnc(Br)s1. The highest BCUT2D eigenvalue weighted by Gasteiger charge is 1.93. The molecule has 1 aromatic heterocycles. The van der Waals surface area contributed by atoms with Gasteiger partial charge in [-0.25, -0.2) is 4.98 Å². The first-order valence-corrected chi connectivity index (χ1v) is 4.11. The molecule has 0 atom stereocenters. The highest BCUT2D eigenvalue weighted by Crippen LogP contribution is 2.16. The summed E-state index contributed by atoms with van der Waals surface area (Å²) in [5, 5.41) is 3.58. The highest BCUT2D eigenvalue weighted by molar-refractivity contribution is 9.11. The Kier molecular flexibility index (Phi) is 2.82. The molecule has 0 aliphatic carbocycles. The monoisotopic (exact) mass is 220 g/mol. The van der Waals surface area contributed by atoms with Crippen LogP contribution in [0.2, 0.25) is 0 Å². The molecule has 0 radical (unpaired) electrons. The summed E-state index contributed by atoms with van der Waals surface area (Å²) in [6, 6.07) is 0. The number of halogens is 1. The largest absolute Gasteiger partial charge is 0.399 e. The van der Waals surface area contributed by atoms with Crippen molar-refractivity contribution in [1.29, 1.82) is 0 Å². The van der Waals surface area contributed by atoms with Gasteiger partial charge in [-0.15, -0.1) is 11.3 Å². The minimum atomic E-state index is 0.852. The standard InChI is InChI=1S/C5H5BrN2OS/c1-9-8-3-4-2-7-5(6)10-4/h2-3H,1H3/b8-3+. The van der Waals surface area contributed by atoms with Gasteiger partial charge >= 0.3 is 0 Å². The maximum atomic E-state index is 4.49. The second-order valence-corrected chi connectivity index (χ2v) is 3.77. The van der Waals surface area contributed by atoms with E-state index in [2.05, 4.69) is 30.9 Å². The van der Waals surface area contributed by atoms with Crippen LogP contribution < -0.4 is 0 Å². The molecule has 0 spiro atoms. The normalized spacial score (nSPS) is 10.6. The Morgan fingerprint density at radius 2 is 2.70 bits per heavy atom. The molecule has 0 saturated heterocycles. The fraction of sp³-hybridized carbons (Fsp3) is 0.200. The summed E-state index contributed by atoms with van der Waals surface area (Å²) in [6.07, 6.45) is 3.33. The van der Waals surface area contributed by atoms with E-state index in [1.165, 1.54) is 18.4 Å². The Bertz CT molecular complexity index is 235. The molecule has 0 fully saturated rings. The molecule has 3 nitrogen and oxygen atoms in total. The van der Waals surface area contributed by atoms with Crippen molar-refractivity contribution in [3.63, 3.8) is 0 Å². The van der Waals surface area contributed by atoms with Crippen molar-refractivity contribution in [2.24, 2.45) is 5.16 Å². The second-order valence-electron chi connectivity index (χ2n) is 1.43. The Balaban J connectivity index is 2.67. The molecule has 5 heteroatoms. The van der Waals surface area contributed by atoms with Crippen LogP contribution in [0.25, 0.3) is 0 Å². The molecule has 0 amide bonds. The van der Waals surface area contributed by atoms with Crippen LogP contribution in [0.4, 0.5) is 0 Å². The average molecular weight is 221 g/mol. The molecule has 1 rings (SSSR count). The molecule has 54 valence electrons. The number of hydrogen-bond acceptors (Lipinski definition) is 4. The van der Waals surface area contributed by atoms with Crippen LogP contribution >= 0.6 is 27.3 Å². The molecule has 0 saturated carbocycles. The number of nitrogens with zero attached hydrogens (tertiary/aromatic N) is 2. The maximum absolute atomic E-state index is 4.49. The molecule has 10 heavy (non-hydrogen) atoms. The Morgan fingerprint density at radius 1 is 1.90 bits per heavy atom. The zero-order valence-corrected chi connectivity index (χ0v) is 7.65. The third kappa shape index (κ3) is 2.07. The van der Waals surface area contributed by atoms with Gasteiger partial charge in [0.25, 0.3) is 0 Å². The lowest BCUT2D eigenvalue weighted by molar-refractivity contribution is 0.215. The predicted octanol–water partition coefficient (Wildman–Crippen LogP) is 1.89. The lowest BCUT2D eigenvalue weighted by atomic mass is 10.6. The van der Waals surface area contributed by atoms with Crippen molar-refractivity contribution in [2.45, 2.75) is 0 Å². The van der Waals surface area contributed by atoms with Crippen molar-refractivity contribution in [1.82, 2.24) is 4.98 Å². The van der Waals surface area contributed by atoms with Crippen LogP contribution in [0.5, 0.6) is 0 Å². The summed E-state index contributed by atoms with van der Waals surface area (Å²) in [4.78, 5) is 9.41. The first-order chi connectivity index (χ1) is 4.83. The van der Waals surface area contributed by atoms with Gasteiger partial charge in [0.05, 0.1) is 11.1 Å². The molecule has 0 bridgehead atoms. The van der Waals surface area contributed by atoms with Crippen LogP contribution in [-0.2, 0) is 4.84 Å². The van der Waals surface area contributed by atoms with Crippen molar-refractivity contribution >= 4 is 33.5 Å². The van der Waals surface area contributed by atoms with Gasteiger partial charge in [-0.1, -0.05) is 5.16 Å². The summed E-state index contributed by atoms with van der Waals surface area (Å²) in [5.41, 5.74) is 0. The minimum absolute atomic E-state index is 0.852. The van der Waals surface area contributed by atoms with E-state index in [1.54, 1.807) is 12.4 Å². The fourth-order valence-electron chi connectivity index (χ4n) is 0.429. The van der Waals surface area contributed by atoms with E-state index in [0.29, 0.717) is 0 Å².